The molecular weight excluding hydrogens is 247 g/mol. The Labute approximate surface area is 97.7 Å². The van der Waals surface area contributed by atoms with Crippen LogP contribution in [0.25, 0.3) is 0 Å². The van der Waals surface area contributed by atoms with Crippen molar-refractivity contribution in [2.24, 2.45) is 0 Å². The van der Waals surface area contributed by atoms with Gasteiger partial charge in [0.1, 0.15) is 0 Å². The average Bonchev–Trinajstić information content (AvgIpc) is 2.53. The monoisotopic (exact) mass is 258 g/mol. The molecule has 0 spiro atoms. The minimum atomic E-state index is -4.06. The number of phosphoric ester groups is 1. The van der Waals surface area contributed by atoms with Gasteiger partial charge in [-0.05, 0) is 13.0 Å². The lowest BCUT2D eigenvalue weighted by molar-refractivity contribution is -0.142. The van der Waals surface area contributed by atoms with Crippen LogP contribution < -0.4 is 9.05 Å². The van der Waals surface area contributed by atoms with Gasteiger partial charge in [0.15, 0.2) is 11.5 Å². The van der Waals surface area contributed by atoms with Crippen molar-refractivity contribution in [3.8, 4) is 11.5 Å². The van der Waals surface area contributed by atoms with Crippen molar-refractivity contribution in [1.82, 2.24) is 0 Å². The minimum absolute atomic E-state index is 0.0274. The van der Waals surface area contributed by atoms with E-state index in [-0.39, 0.29) is 24.5 Å². The van der Waals surface area contributed by atoms with E-state index < -0.39 is 13.8 Å². The summed E-state index contributed by atoms with van der Waals surface area (Å²) in [5.74, 6) is -0.131. The summed E-state index contributed by atoms with van der Waals surface area (Å²) < 4.78 is 25.5. The van der Waals surface area contributed by atoms with Crippen LogP contribution in [-0.4, -0.2) is 17.5 Å². The fraction of sp³-hybridized carbons (Fsp3) is 0.300. The Hall–Kier alpha value is -1.52. The van der Waals surface area contributed by atoms with Gasteiger partial charge in [0.05, 0.1) is 13.0 Å². The van der Waals surface area contributed by atoms with Gasteiger partial charge in [-0.25, -0.2) is 4.57 Å². The third kappa shape index (κ3) is 2.60. The molecule has 1 aromatic carbocycles. The van der Waals surface area contributed by atoms with E-state index in [4.69, 9.17) is 13.8 Å². The molecule has 0 bridgehead atoms. The maximum atomic E-state index is 11.3. The molecule has 0 fully saturated rings. The van der Waals surface area contributed by atoms with E-state index in [1.54, 1.807) is 19.1 Å². The number of hydrogen-bond donors (Lipinski definition) is 1. The Morgan fingerprint density at radius 3 is 2.94 bits per heavy atom. The van der Waals surface area contributed by atoms with E-state index in [1.807, 2.05) is 0 Å². The highest BCUT2D eigenvalue weighted by molar-refractivity contribution is 7.48. The maximum Gasteiger partial charge on any atom is 0.585 e. The number of carbonyl (C=O) groups is 1. The van der Waals surface area contributed by atoms with Crippen molar-refractivity contribution >= 4 is 13.8 Å². The van der Waals surface area contributed by atoms with Crippen molar-refractivity contribution in [2.45, 2.75) is 13.3 Å². The number of para-hydroxylation sites is 1. The van der Waals surface area contributed by atoms with Crippen molar-refractivity contribution in [3.63, 3.8) is 0 Å². The summed E-state index contributed by atoms with van der Waals surface area (Å²) >= 11 is 0. The van der Waals surface area contributed by atoms with Crippen LogP contribution in [0.3, 0.4) is 0 Å². The molecule has 0 aliphatic carbocycles. The number of rotatable bonds is 3. The first kappa shape index (κ1) is 12.0. The number of hydrogen-bond acceptors (Lipinski definition) is 5. The van der Waals surface area contributed by atoms with Gasteiger partial charge in [-0.2, -0.15) is 0 Å². The summed E-state index contributed by atoms with van der Waals surface area (Å²) in [6.45, 7) is 1.98. The molecule has 1 heterocycles. The van der Waals surface area contributed by atoms with Gasteiger partial charge >= 0.3 is 13.8 Å². The van der Waals surface area contributed by atoms with E-state index in [0.29, 0.717) is 5.56 Å². The van der Waals surface area contributed by atoms with Crippen molar-refractivity contribution in [3.05, 3.63) is 23.8 Å². The summed E-state index contributed by atoms with van der Waals surface area (Å²) in [5.41, 5.74) is 0.465. The van der Waals surface area contributed by atoms with Crippen LogP contribution in [-0.2, 0) is 20.5 Å². The van der Waals surface area contributed by atoms with Crippen LogP contribution in [0.1, 0.15) is 12.5 Å². The summed E-state index contributed by atoms with van der Waals surface area (Å²) in [7, 11) is -4.06. The molecule has 0 saturated heterocycles. The molecule has 1 aromatic rings. The third-order valence-corrected chi connectivity index (χ3v) is 2.96. The first-order chi connectivity index (χ1) is 8.02. The summed E-state index contributed by atoms with van der Waals surface area (Å²) in [6.07, 6.45) is -0.0274. The highest BCUT2D eigenvalue weighted by Crippen LogP contribution is 2.56. The van der Waals surface area contributed by atoms with Gasteiger partial charge in [-0.1, -0.05) is 12.1 Å². The van der Waals surface area contributed by atoms with E-state index in [9.17, 15) is 14.3 Å². The fourth-order valence-corrected chi connectivity index (χ4v) is 2.37. The topological polar surface area (TPSA) is 82.1 Å². The molecule has 92 valence electrons. The first-order valence-electron chi connectivity index (χ1n) is 5.01. The Kier molecular flexibility index (Phi) is 3.09. The molecule has 1 aliphatic rings. The maximum absolute atomic E-state index is 11.3. The number of fused-ring (bicyclic) bond motifs is 1. The lowest BCUT2D eigenvalue weighted by Crippen LogP contribution is -2.07. The molecule has 17 heavy (non-hydrogen) atoms. The molecule has 1 N–H and O–H groups in total. The average molecular weight is 258 g/mol. The number of phosphoric acid groups is 1. The molecule has 1 unspecified atom stereocenters. The van der Waals surface area contributed by atoms with Gasteiger partial charge in [-0.3, -0.25) is 9.69 Å². The van der Waals surface area contributed by atoms with Crippen molar-refractivity contribution in [2.75, 3.05) is 6.61 Å². The lowest BCUT2D eigenvalue weighted by Gasteiger charge is -2.04. The second kappa shape index (κ2) is 4.39. The van der Waals surface area contributed by atoms with Crippen molar-refractivity contribution in [1.29, 1.82) is 0 Å². The van der Waals surface area contributed by atoms with Crippen LogP contribution in [0.4, 0.5) is 0 Å². The molecule has 7 heteroatoms. The van der Waals surface area contributed by atoms with E-state index in [1.165, 1.54) is 6.07 Å². The summed E-state index contributed by atoms with van der Waals surface area (Å²) in [5, 5.41) is 0. The van der Waals surface area contributed by atoms with Gasteiger partial charge in [0.2, 0.25) is 0 Å². The normalized spacial score (nSPS) is 21.3. The quantitative estimate of drug-likeness (QED) is 0.655. The molecule has 2 rings (SSSR count). The zero-order valence-corrected chi connectivity index (χ0v) is 9.98. The zero-order valence-electron chi connectivity index (χ0n) is 9.08. The summed E-state index contributed by atoms with van der Waals surface area (Å²) in [6, 6.07) is 4.73. The van der Waals surface area contributed by atoms with Crippen LogP contribution in [0.2, 0.25) is 0 Å². The van der Waals surface area contributed by atoms with E-state index in [2.05, 4.69) is 0 Å². The van der Waals surface area contributed by atoms with Gasteiger partial charge in [-0.15, -0.1) is 0 Å². The summed E-state index contributed by atoms with van der Waals surface area (Å²) in [4.78, 5) is 20.5. The highest BCUT2D eigenvalue weighted by Gasteiger charge is 2.36. The molecule has 1 atom stereocenters. The fourth-order valence-electron chi connectivity index (χ4n) is 1.50. The van der Waals surface area contributed by atoms with Crippen LogP contribution in [0.15, 0.2) is 18.2 Å². The Morgan fingerprint density at radius 2 is 2.24 bits per heavy atom. The van der Waals surface area contributed by atoms with E-state index >= 15 is 0 Å². The predicted octanol–water partition coefficient (Wildman–Crippen LogP) is 1.66. The molecular formula is C10H11O6P. The smallest absolute Gasteiger partial charge is 0.466 e. The molecule has 0 aromatic heterocycles. The highest BCUT2D eigenvalue weighted by atomic mass is 31.2. The van der Waals surface area contributed by atoms with Gasteiger partial charge in [0.25, 0.3) is 0 Å². The molecule has 0 radical (unpaired) electrons. The van der Waals surface area contributed by atoms with Crippen LogP contribution in [0.5, 0.6) is 11.5 Å². The first-order valence-corrected chi connectivity index (χ1v) is 6.51. The second-order valence-electron chi connectivity index (χ2n) is 3.38. The van der Waals surface area contributed by atoms with Crippen molar-refractivity contribution < 1.29 is 28.0 Å². The third-order valence-electron chi connectivity index (χ3n) is 2.12. The number of carbonyl (C=O) groups excluding carboxylic acids is 1. The molecule has 1 aliphatic heterocycles. The lowest BCUT2D eigenvalue weighted by atomic mass is 10.1. The number of ether oxygens (including phenoxy) is 1. The molecule has 0 amide bonds. The number of esters is 1. The molecule has 6 nitrogen and oxygen atoms in total. The Balaban J connectivity index is 2.24. The largest absolute Gasteiger partial charge is 0.585 e. The Bertz CT molecular complexity index is 498. The minimum Gasteiger partial charge on any atom is -0.466 e. The van der Waals surface area contributed by atoms with E-state index in [0.717, 1.165) is 0 Å². The van der Waals surface area contributed by atoms with Gasteiger partial charge in [0, 0.05) is 5.56 Å². The number of benzene rings is 1. The predicted molar refractivity (Wildman–Crippen MR) is 57.9 cm³/mol. The Morgan fingerprint density at radius 1 is 1.47 bits per heavy atom. The van der Waals surface area contributed by atoms with Gasteiger partial charge < -0.3 is 13.8 Å². The second-order valence-corrected chi connectivity index (χ2v) is 4.68. The van der Waals surface area contributed by atoms with Crippen LogP contribution in [0, 0.1) is 0 Å². The SMILES string of the molecule is CCOC(=O)Cc1cccc2c1OP(=O)(O)O2. The standard InChI is InChI=1S/C10H11O6P/c1-2-14-9(11)6-7-4-3-5-8-10(7)16-17(12,13)15-8/h3-5H,2,6H2,1H3,(H,12,13). The zero-order chi connectivity index (χ0) is 12.5. The molecule has 0 saturated carbocycles. The van der Waals surface area contributed by atoms with Crippen LogP contribution >= 0.6 is 7.82 Å².